The Morgan fingerprint density at radius 1 is 0.452 bits per heavy atom. The maximum Gasteiger partial charge on any atom is 0.190 e. The van der Waals surface area contributed by atoms with Crippen LogP contribution in [0.2, 0.25) is 15.1 Å². The number of aliphatic hydroxyl groups excluding tert-OH is 2. The number of hydrogen-bond donors (Lipinski definition) is 5. The molecule has 6 aromatic carbocycles. The smallest absolute Gasteiger partial charge is 0.190 e. The summed E-state index contributed by atoms with van der Waals surface area (Å²) >= 11 is 19.1. The fourth-order valence-electron chi connectivity index (χ4n) is 12.3. The highest BCUT2D eigenvalue weighted by molar-refractivity contribution is 6.37. The Balaban J connectivity index is 0.000000140. The zero-order valence-corrected chi connectivity index (χ0v) is 48.8. The average molecular weight is 1190 g/mol. The van der Waals surface area contributed by atoms with Crippen molar-refractivity contribution in [3.05, 3.63) is 175 Å². The van der Waals surface area contributed by atoms with Crippen molar-refractivity contribution in [3.8, 4) is 33.4 Å². The van der Waals surface area contributed by atoms with Crippen LogP contribution >= 0.6 is 34.8 Å². The second-order valence-corrected chi connectivity index (χ2v) is 23.4. The number of Topliss-reactive ketones (excluding diaryl/α,β-unsaturated/α-hetero) is 1. The third-order valence-corrected chi connectivity index (χ3v) is 18.3. The van der Waals surface area contributed by atoms with E-state index in [1.54, 1.807) is 18.2 Å². The van der Waals surface area contributed by atoms with E-state index in [9.17, 15) is 28.2 Å². The number of benzene rings is 6. The SMILES string of the molecule is [C-]#[N+]c1cc2c(-c3ccc(F)c(N)c3Cl)cn(C3CCC(=O)CC3)c2cc1C.[C-]#[N+]c1cc2c(-c3ccc(F)c(N)c3Cl)cn(C3CCC(O)CC3)c2cc1C.[C-]#[N+]c1cc2c(-c3ccc(F)c(N)c3Cl)cn(C3CCC(O)CC3)c2cc1C. The Hall–Kier alpha value is -7.94. The van der Waals surface area contributed by atoms with E-state index >= 15 is 0 Å². The Labute approximate surface area is 500 Å². The summed E-state index contributed by atoms with van der Waals surface area (Å²) in [5.74, 6) is -1.34. The van der Waals surface area contributed by atoms with Gasteiger partial charge >= 0.3 is 0 Å². The third-order valence-electron chi connectivity index (χ3n) is 17.1. The maximum atomic E-state index is 13.8. The molecule has 0 unspecified atom stereocenters. The van der Waals surface area contributed by atoms with E-state index in [-0.39, 0.29) is 62.5 Å². The van der Waals surface area contributed by atoms with Gasteiger partial charge in [-0.2, -0.15) is 0 Å². The quantitative estimate of drug-likeness (QED) is 0.0822. The van der Waals surface area contributed by atoms with Crippen LogP contribution in [0.4, 0.5) is 47.3 Å². The lowest BCUT2D eigenvalue weighted by molar-refractivity contribution is -0.120. The summed E-state index contributed by atoms with van der Waals surface area (Å²) in [5, 5.41) is 22.9. The number of hydrogen-bond acceptors (Lipinski definition) is 6. The molecular formula is C66H61Cl3F3N9O3. The Morgan fingerprint density at radius 3 is 1.00 bits per heavy atom. The first kappa shape index (κ1) is 59.2. The van der Waals surface area contributed by atoms with Gasteiger partial charge < -0.3 is 41.1 Å². The van der Waals surface area contributed by atoms with Gasteiger partial charge in [-0.15, -0.1) is 0 Å². The summed E-state index contributed by atoms with van der Waals surface area (Å²) in [6.45, 7) is 28.1. The van der Waals surface area contributed by atoms with Crippen LogP contribution in [-0.4, -0.2) is 41.9 Å². The number of nitrogens with two attached hydrogens (primary N) is 3. The molecule has 0 spiro atoms. The molecule has 18 heteroatoms. The van der Waals surface area contributed by atoms with Crippen molar-refractivity contribution in [2.24, 2.45) is 0 Å². The third kappa shape index (κ3) is 11.3. The lowest BCUT2D eigenvalue weighted by atomic mass is 9.93. The molecule has 9 aromatic rings. The fourth-order valence-corrected chi connectivity index (χ4v) is 13.1. The van der Waals surface area contributed by atoms with Gasteiger partial charge in [0, 0.05) is 99.5 Å². The van der Waals surface area contributed by atoms with E-state index in [1.165, 1.54) is 18.2 Å². The van der Waals surface area contributed by atoms with Crippen LogP contribution in [0, 0.1) is 57.9 Å². The standard InChI is InChI=1S/2C22H21ClFN3O.C22H19ClFN3O/c3*1-12-9-20-16(10-19(12)26-2)17(15-7-8-18(24)22(25)21(15)23)11-27(20)13-3-5-14(28)6-4-13/h2*7-11,13-14,28H,3-6,25H2,1H3;7-11,13H,3-6,25H2,1H3. The van der Waals surface area contributed by atoms with Gasteiger partial charge in [-0.25, -0.2) is 27.7 Å². The number of halogens is 6. The van der Waals surface area contributed by atoms with Crippen LogP contribution in [0.5, 0.6) is 0 Å². The van der Waals surface area contributed by atoms with Gasteiger partial charge in [0.2, 0.25) is 0 Å². The molecule has 3 aliphatic rings. The first-order chi connectivity index (χ1) is 40.2. The molecule has 12 rings (SSSR count). The molecule has 3 fully saturated rings. The van der Waals surface area contributed by atoms with Crippen LogP contribution in [0.25, 0.3) is 80.6 Å². The van der Waals surface area contributed by atoms with Crippen molar-refractivity contribution in [2.75, 3.05) is 17.2 Å². The van der Waals surface area contributed by atoms with E-state index in [1.807, 2.05) is 75.8 Å². The molecule has 12 nitrogen and oxygen atoms in total. The normalized spacial score (nSPS) is 18.2. The molecule has 8 N–H and O–H groups in total. The monoisotopic (exact) mass is 1190 g/mol. The van der Waals surface area contributed by atoms with Crippen molar-refractivity contribution in [3.63, 3.8) is 0 Å². The first-order valence-electron chi connectivity index (χ1n) is 27.9. The predicted molar refractivity (Wildman–Crippen MR) is 333 cm³/mol. The average Bonchev–Trinajstić information content (AvgIpc) is 1.94. The van der Waals surface area contributed by atoms with Gasteiger partial charge in [0.05, 0.1) is 64.1 Å². The number of fused-ring (bicyclic) bond motifs is 3. The number of carbonyl (C=O) groups excluding carboxylic acids is 1. The lowest BCUT2D eigenvalue weighted by Gasteiger charge is -2.27. The van der Waals surface area contributed by atoms with Crippen LogP contribution in [0.1, 0.15) is 112 Å². The van der Waals surface area contributed by atoms with E-state index in [0.717, 1.165) is 130 Å². The van der Waals surface area contributed by atoms with Crippen molar-refractivity contribution in [1.29, 1.82) is 0 Å². The predicted octanol–water partition coefficient (Wildman–Crippen LogP) is 18.3. The second-order valence-electron chi connectivity index (χ2n) is 22.3. The second kappa shape index (κ2) is 24.3. The van der Waals surface area contributed by atoms with Gasteiger partial charge in [0.15, 0.2) is 17.1 Å². The fraction of sp³-hybridized carbons (Fsp3) is 0.303. The number of carbonyl (C=O) groups is 1. The van der Waals surface area contributed by atoms with Gasteiger partial charge in [-0.1, -0.05) is 34.8 Å². The molecule has 0 atom stereocenters. The van der Waals surface area contributed by atoms with E-state index < -0.39 is 17.5 Å². The molecule has 0 radical (unpaired) electrons. The number of aromatic nitrogens is 3. The minimum Gasteiger partial charge on any atom is -0.395 e. The zero-order chi connectivity index (χ0) is 60.0. The minimum absolute atomic E-state index is 0.0710. The van der Waals surface area contributed by atoms with Crippen molar-refractivity contribution < 1.29 is 28.2 Å². The van der Waals surface area contributed by atoms with Crippen molar-refractivity contribution in [2.45, 2.75) is 128 Å². The Kier molecular flexibility index (Phi) is 17.2. The summed E-state index contributed by atoms with van der Waals surface area (Å²) in [5.41, 5.74) is 29.1. The molecule has 84 heavy (non-hydrogen) atoms. The van der Waals surface area contributed by atoms with Gasteiger partial charge in [0.1, 0.15) is 23.2 Å². The van der Waals surface area contributed by atoms with Gasteiger partial charge in [-0.05, 0) is 191 Å². The molecule has 0 amide bonds. The van der Waals surface area contributed by atoms with E-state index in [0.29, 0.717) is 52.4 Å². The van der Waals surface area contributed by atoms with Crippen molar-refractivity contribution in [1.82, 2.24) is 13.7 Å². The molecule has 3 aromatic heterocycles. The molecule has 0 saturated heterocycles. The van der Waals surface area contributed by atoms with Gasteiger partial charge in [-0.3, -0.25) is 4.79 Å². The van der Waals surface area contributed by atoms with E-state index in [4.69, 9.17) is 71.7 Å². The van der Waals surface area contributed by atoms with Crippen LogP contribution < -0.4 is 17.2 Å². The summed E-state index contributed by atoms with van der Waals surface area (Å²) in [7, 11) is 0. The van der Waals surface area contributed by atoms with E-state index in [2.05, 4.69) is 28.2 Å². The molecule has 3 aliphatic carbocycles. The number of anilines is 3. The summed E-state index contributed by atoms with van der Waals surface area (Å²) in [6, 6.07) is 21.2. The first-order valence-corrected chi connectivity index (χ1v) is 29.0. The number of aryl methyl sites for hydroxylation is 3. The van der Waals surface area contributed by atoms with Crippen molar-refractivity contribution >= 4 is 107 Å². The lowest BCUT2D eigenvalue weighted by Crippen LogP contribution is -2.20. The molecule has 430 valence electrons. The Morgan fingerprint density at radius 2 is 0.726 bits per heavy atom. The number of nitrogens with zero attached hydrogens (tertiary/aromatic N) is 6. The molecule has 3 saturated carbocycles. The number of ketones is 1. The molecule has 0 aliphatic heterocycles. The maximum absolute atomic E-state index is 13.8. The number of rotatable bonds is 6. The number of nitrogen functional groups attached to an aromatic ring is 3. The van der Waals surface area contributed by atoms with Crippen LogP contribution in [0.15, 0.2) is 91.4 Å². The highest BCUT2D eigenvalue weighted by Gasteiger charge is 2.29. The molecule has 0 bridgehead atoms. The highest BCUT2D eigenvalue weighted by Crippen LogP contribution is 2.47. The largest absolute Gasteiger partial charge is 0.395 e. The highest BCUT2D eigenvalue weighted by atomic mass is 35.5. The summed E-state index contributed by atoms with van der Waals surface area (Å²) in [4.78, 5) is 22.6. The van der Waals surface area contributed by atoms with Gasteiger partial charge in [0.25, 0.3) is 0 Å². The van der Waals surface area contributed by atoms with Crippen LogP contribution in [0.3, 0.4) is 0 Å². The molecular weight excluding hydrogens is 1130 g/mol. The summed E-state index contributed by atoms with van der Waals surface area (Å²) in [6.07, 6.45) is 14.9. The molecule has 3 heterocycles. The number of aliphatic hydroxyl groups is 2. The minimum atomic E-state index is -0.555. The summed E-state index contributed by atoms with van der Waals surface area (Å²) < 4.78 is 48.0. The Bertz CT molecular complexity index is 4040. The van der Waals surface area contributed by atoms with Crippen LogP contribution in [-0.2, 0) is 4.79 Å². The zero-order valence-electron chi connectivity index (χ0n) is 46.5. The topological polar surface area (TPSA) is 163 Å².